The number of hydrogen-bond acceptors (Lipinski definition) is 8. The quantitative estimate of drug-likeness (QED) is 0.560. The van der Waals surface area contributed by atoms with Crippen LogP contribution in [0.4, 0.5) is 5.69 Å². The number of ether oxygens (including phenoxy) is 1. The molecule has 0 bridgehead atoms. The lowest BCUT2D eigenvalue weighted by Crippen LogP contribution is -2.47. The van der Waals surface area contributed by atoms with Crippen LogP contribution in [0, 0.1) is 0 Å². The van der Waals surface area contributed by atoms with E-state index in [-0.39, 0.29) is 16.5 Å². The maximum Gasteiger partial charge on any atom is 0.330 e. The van der Waals surface area contributed by atoms with E-state index in [1.807, 2.05) is 6.92 Å². The van der Waals surface area contributed by atoms with Crippen LogP contribution in [-0.4, -0.2) is 66.8 Å². The number of benzene rings is 1. The maximum atomic E-state index is 12.7. The summed E-state index contributed by atoms with van der Waals surface area (Å²) in [7, 11) is -3.85. The van der Waals surface area contributed by atoms with Gasteiger partial charge >= 0.3 is 5.97 Å². The van der Waals surface area contributed by atoms with Gasteiger partial charge in [0.05, 0.1) is 9.77 Å². The van der Waals surface area contributed by atoms with Crippen molar-refractivity contribution < 1.29 is 27.5 Å². The first-order valence-corrected chi connectivity index (χ1v) is 13.7. The molecule has 12 heteroatoms. The molecule has 1 aromatic carbocycles. The van der Waals surface area contributed by atoms with Gasteiger partial charge in [-0.1, -0.05) is 12.5 Å². The largest absolute Gasteiger partial charge is 0.454 e. The van der Waals surface area contributed by atoms with Crippen molar-refractivity contribution in [1.82, 2.24) is 9.62 Å². The van der Waals surface area contributed by atoms with Gasteiger partial charge in [-0.25, -0.2) is 13.2 Å². The molecule has 3 aliphatic heterocycles. The lowest BCUT2D eigenvalue weighted by molar-refractivity contribution is -0.155. The smallest absolute Gasteiger partial charge is 0.330 e. The van der Waals surface area contributed by atoms with Crippen LogP contribution < -0.4 is 10.0 Å². The molecule has 2 fully saturated rings. The van der Waals surface area contributed by atoms with Crippen molar-refractivity contribution in [2.75, 3.05) is 24.2 Å². The maximum absolute atomic E-state index is 12.7. The molecule has 0 spiro atoms. The van der Waals surface area contributed by atoms with Gasteiger partial charge in [0.1, 0.15) is 11.9 Å². The van der Waals surface area contributed by atoms with Gasteiger partial charge in [-0.15, -0.1) is 11.8 Å². The van der Waals surface area contributed by atoms with Gasteiger partial charge in [-0.2, -0.15) is 0 Å². The van der Waals surface area contributed by atoms with E-state index in [0.717, 1.165) is 19.3 Å². The number of aliphatic imine (C=N–C) groups is 1. The Bertz CT molecular complexity index is 1120. The van der Waals surface area contributed by atoms with Gasteiger partial charge < -0.3 is 15.0 Å². The number of hydrogen-bond donors (Lipinski definition) is 2. The fourth-order valence-electron chi connectivity index (χ4n) is 4.34. The Kier molecular flexibility index (Phi) is 7.17. The van der Waals surface area contributed by atoms with Crippen LogP contribution in [0.1, 0.15) is 45.4 Å². The summed E-state index contributed by atoms with van der Waals surface area (Å²) >= 11 is 1.54. The molecule has 1 aromatic rings. The van der Waals surface area contributed by atoms with E-state index >= 15 is 0 Å². The third kappa shape index (κ3) is 5.38. The Morgan fingerprint density at radius 2 is 2.09 bits per heavy atom. The number of thioether (sulfide) groups is 1. The molecule has 0 saturated carbocycles. The molecule has 0 aliphatic carbocycles. The second-order valence-corrected chi connectivity index (χ2v) is 11.9. The number of amides is 2. The summed E-state index contributed by atoms with van der Waals surface area (Å²) in [6, 6.07) is 5.12. The zero-order chi connectivity index (χ0) is 24.3. The second-order valence-electron chi connectivity index (χ2n) is 8.69. The third-order valence-corrected chi connectivity index (χ3v) is 9.00. The first-order chi connectivity index (χ1) is 16.2. The number of carbonyl (C=O) groups excluding carboxylic acids is 3. The van der Waals surface area contributed by atoms with Crippen molar-refractivity contribution in [2.24, 2.45) is 4.99 Å². The molecule has 3 heterocycles. The van der Waals surface area contributed by atoms with Crippen molar-refractivity contribution in [2.45, 2.75) is 61.3 Å². The molecular formula is C22H28N4O6S2. The van der Waals surface area contributed by atoms with E-state index in [4.69, 9.17) is 4.74 Å². The van der Waals surface area contributed by atoms with Crippen LogP contribution in [0.5, 0.6) is 0 Å². The van der Waals surface area contributed by atoms with Crippen LogP contribution in [-0.2, 0) is 29.1 Å². The fourth-order valence-corrected chi connectivity index (χ4v) is 6.89. The summed E-state index contributed by atoms with van der Waals surface area (Å²) < 4.78 is 33.2. The number of carbonyl (C=O) groups is 3. The average molecular weight is 509 g/mol. The van der Waals surface area contributed by atoms with E-state index in [2.05, 4.69) is 15.0 Å². The van der Waals surface area contributed by atoms with E-state index in [1.165, 1.54) is 18.2 Å². The minimum atomic E-state index is -3.85. The third-order valence-electron chi connectivity index (χ3n) is 6.12. The normalized spacial score (nSPS) is 24.7. The lowest BCUT2D eigenvalue weighted by Gasteiger charge is -2.29. The number of amidine groups is 1. The molecule has 4 rings (SSSR count). The number of sulfonamides is 1. The standard InChI is InChI=1S/C22H28N4O6S2/c1-22-10-9-20(28)26(22)17(14-33-22)21(29)32-13-19(27)24-15-6-5-7-16(12-15)34(30,31)25-18-8-3-2-4-11-23-18/h5-7,12,17H,2-4,8-11,13-14H2,1H3,(H,23,25)(H,24,27)/t17-,22+/m0/s1. The number of nitrogens with one attached hydrogen (secondary N) is 2. The summed E-state index contributed by atoms with van der Waals surface area (Å²) in [4.78, 5) is 42.5. The van der Waals surface area contributed by atoms with Crippen molar-refractivity contribution >= 4 is 51.1 Å². The first kappa shape index (κ1) is 24.5. The van der Waals surface area contributed by atoms with Gasteiger partial charge in [0.25, 0.3) is 15.9 Å². The molecule has 0 radical (unpaired) electrons. The van der Waals surface area contributed by atoms with Crippen molar-refractivity contribution in [3.63, 3.8) is 0 Å². The topological polar surface area (TPSA) is 134 Å². The first-order valence-electron chi connectivity index (χ1n) is 11.3. The second kappa shape index (κ2) is 9.95. The fraction of sp³-hybridized carbons (Fsp3) is 0.545. The zero-order valence-electron chi connectivity index (χ0n) is 18.9. The van der Waals surface area contributed by atoms with E-state index < -0.39 is 39.4 Å². The molecule has 34 heavy (non-hydrogen) atoms. The van der Waals surface area contributed by atoms with Crippen molar-refractivity contribution in [3.05, 3.63) is 24.3 Å². The van der Waals surface area contributed by atoms with Crippen LogP contribution in [0.25, 0.3) is 0 Å². The Balaban J connectivity index is 1.33. The number of nitrogens with zero attached hydrogens (tertiary/aromatic N) is 2. The zero-order valence-corrected chi connectivity index (χ0v) is 20.5. The Labute approximate surface area is 202 Å². The van der Waals surface area contributed by atoms with Crippen molar-refractivity contribution in [3.8, 4) is 0 Å². The number of fused-ring (bicyclic) bond motifs is 1. The number of anilines is 1. The molecule has 2 N–H and O–H groups in total. The molecule has 3 aliphatic rings. The van der Waals surface area contributed by atoms with Crippen LogP contribution in [0.3, 0.4) is 0 Å². The highest BCUT2D eigenvalue weighted by molar-refractivity contribution is 8.01. The minimum absolute atomic E-state index is 0.0101. The van der Waals surface area contributed by atoms with E-state index in [1.54, 1.807) is 22.7 Å². The average Bonchev–Trinajstić information content (AvgIpc) is 3.15. The highest BCUT2D eigenvalue weighted by atomic mass is 32.2. The molecule has 2 amide bonds. The summed E-state index contributed by atoms with van der Waals surface area (Å²) in [5.41, 5.74) is 0.255. The van der Waals surface area contributed by atoms with Crippen LogP contribution in [0.2, 0.25) is 0 Å². The van der Waals surface area contributed by atoms with Crippen LogP contribution >= 0.6 is 11.8 Å². The van der Waals surface area contributed by atoms with Gasteiger partial charge in [-0.3, -0.25) is 19.3 Å². The summed E-state index contributed by atoms with van der Waals surface area (Å²) in [6.45, 7) is 1.99. The molecule has 10 nitrogen and oxygen atoms in total. The number of esters is 1. The summed E-state index contributed by atoms with van der Waals surface area (Å²) in [6.07, 6.45) is 4.47. The minimum Gasteiger partial charge on any atom is -0.454 e. The predicted molar refractivity (Wildman–Crippen MR) is 128 cm³/mol. The van der Waals surface area contributed by atoms with E-state index in [9.17, 15) is 22.8 Å². The highest BCUT2D eigenvalue weighted by Gasteiger charge is 2.53. The van der Waals surface area contributed by atoms with Gasteiger partial charge in [0.15, 0.2) is 6.61 Å². The lowest BCUT2D eigenvalue weighted by atomic mass is 10.2. The molecular weight excluding hydrogens is 480 g/mol. The van der Waals surface area contributed by atoms with Crippen LogP contribution in [0.15, 0.2) is 34.2 Å². The summed E-state index contributed by atoms with van der Waals surface area (Å²) in [5, 5.41) is 2.55. The molecule has 184 valence electrons. The summed E-state index contributed by atoms with van der Waals surface area (Å²) in [5.74, 6) is -0.436. The Hall–Kier alpha value is -2.60. The predicted octanol–water partition coefficient (Wildman–Crippen LogP) is 1.87. The molecule has 2 saturated heterocycles. The Morgan fingerprint density at radius 3 is 2.91 bits per heavy atom. The molecule has 0 unspecified atom stereocenters. The monoisotopic (exact) mass is 508 g/mol. The highest BCUT2D eigenvalue weighted by Crippen LogP contribution is 2.47. The van der Waals surface area contributed by atoms with Gasteiger partial charge in [-0.05, 0) is 44.4 Å². The SMILES string of the molecule is C[C@@]12CCC(=O)N1[C@H](C(=O)OCC(=O)Nc1cccc(S(=O)(=O)NC3=NCCCCC3)c1)CS2. The molecule has 0 aromatic heterocycles. The Morgan fingerprint density at radius 1 is 1.26 bits per heavy atom. The molecule has 2 atom stereocenters. The van der Waals surface area contributed by atoms with Crippen molar-refractivity contribution in [1.29, 1.82) is 0 Å². The van der Waals surface area contributed by atoms with Gasteiger partial charge in [0, 0.05) is 30.8 Å². The van der Waals surface area contributed by atoms with Gasteiger partial charge in [0.2, 0.25) is 5.91 Å². The number of rotatable bonds is 6. The van der Waals surface area contributed by atoms with E-state index in [0.29, 0.717) is 37.4 Å².